The molecule has 2 rings (SSSR count). The first-order chi connectivity index (χ1) is 8.09. The Morgan fingerprint density at radius 3 is 2.59 bits per heavy atom. The molecular weight excluding hydrogens is 279 g/mol. The first-order valence-electron chi connectivity index (χ1n) is 4.72. The summed E-state index contributed by atoms with van der Waals surface area (Å²) in [6.07, 6.45) is 1.56. The summed E-state index contributed by atoms with van der Waals surface area (Å²) in [4.78, 5) is 0. The normalized spacial score (nSPS) is 11.2. The van der Waals surface area contributed by atoms with Crippen molar-refractivity contribution in [1.82, 2.24) is 14.9 Å². The van der Waals surface area contributed by atoms with Crippen molar-refractivity contribution >= 4 is 41.6 Å². The molecule has 0 unspecified atom stereocenters. The van der Waals surface area contributed by atoms with Crippen molar-refractivity contribution in [2.24, 2.45) is 5.10 Å². The third-order valence-corrected chi connectivity index (χ3v) is 3.04. The molecule has 2 aromatic rings. The summed E-state index contributed by atoms with van der Waals surface area (Å²) < 4.78 is 1.91. The van der Waals surface area contributed by atoms with Crippen molar-refractivity contribution < 1.29 is 0 Å². The summed E-state index contributed by atoms with van der Waals surface area (Å²) in [5.41, 5.74) is 0.651. The van der Waals surface area contributed by atoms with E-state index in [2.05, 4.69) is 15.3 Å². The highest BCUT2D eigenvalue weighted by Gasteiger charge is 2.03. The van der Waals surface area contributed by atoms with Crippen molar-refractivity contribution in [1.29, 1.82) is 0 Å². The van der Waals surface area contributed by atoms with Crippen LogP contribution in [0.15, 0.2) is 23.3 Å². The smallest absolute Gasteiger partial charge is 0.216 e. The molecule has 4 nitrogen and oxygen atoms in total. The Morgan fingerprint density at radius 1 is 1.41 bits per heavy atom. The minimum Gasteiger partial charge on any atom is -0.250 e. The van der Waals surface area contributed by atoms with Crippen molar-refractivity contribution in [3.05, 3.63) is 44.4 Å². The van der Waals surface area contributed by atoms with Gasteiger partial charge in [-0.15, -0.1) is 0 Å². The summed E-state index contributed by atoms with van der Waals surface area (Å²) in [5.74, 6) is 0.662. The van der Waals surface area contributed by atoms with Crippen LogP contribution in [-0.2, 0) is 0 Å². The molecule has 7 heteroatoms. The maximum atomic E-state index is 6.01. The van der Waals surface area contributed by atoms with Gasteiger partial charge in [0.1, 0.15) is 5.82 Å². The van der Waals surface area contributed by atoms with E-state index in [0.29, 0.717) is 26.2 Å². The van der Waals surface area contributed by atoms with Gasteiger partial charge in [-0.25, -0.2) is 0 Å². The predicted octanol–water partition coefficient (Wildman–Crippen LogP) is 3.44. The number of halogens is 2. The summed E-state index contributed by atoms with van der Waals surface area (Å²) in [6.45, 7) is 1.79. The lowest BCUT2D eigenvalue weighted by atomic mass is 10.2. The van der Waals surface area contributed by atoms with Crippen LogP contribution in [0.1, 0.15) is 11.4 Å². The predicted molar refractivity (Wildman–Crippen MR) is 71.6 cm³/mol. The lowest BCUT2D eigenvalue weighted by Gasteiger charge is -2.00. The molecule has 1 N–H and O–H groups in total. The van der Waals surface area contributed by atoms with Crippen LogP contribution in [0.2, 0.25) is 10.0 Å². The van der Waals surface area contributed by atoms with Gasteiger partial charge in [-0.1, -0.05) is 29.3 Å². The number of benzene rings is 1. The van der Waals surface area contributed by atoms with Gasteiger partial charge in [0.25, 0.3) is 0 Å². The van der Waals surface area contributed by atoms with Gasteiger partial charge in [0.05, 0.1) is 16.3 Å². The average molecular weight is 287 g/mol. The fourth-order valence-corrected chi connectivity index (χ4v) is 1.98. The maximum absolute atomic E-state index is 6.01. The molecule has 0 aliphatic heterocycles. The minimum absolute atomic E-state index is 0.418. The lowest BCUT2D eigenvalue weighted by molar-refractivity contribution is 0.821. The number of aromatic amines is 1. The molecule has 0 atom stereocenters. The van der Waals surface area contributed by atoms with Crippen LogP contribution < -0.4 is 0 Å². The Hall–Kier alpha value is -1.17. The van der Waals surface area contributed by atoms with Crippen LogP contribution in [0.25, 0.3) is 0 Å². The molecular formula is C10H8Cl2N4S. The van der Waals surface area contributed by atoms with E-state index in [4.69, 9.17) is 35.4 Å². The highest BCUT2D eigenvalue weighted by molar-refractivity contribution is 7.71. The van der Waals surface area contributed by atoms with E-state index < -0.39 is 0 Å². The van der Waals surface area contributed by atoms with Gasteiger partial charge < -0.3 is 0 Å². The molecule has 1 aromatic carbocycles. The molecule has 1 aromatic heterocycles. The van der Waals surface area contributed by atoms with Crippen LogP contribution >= 0.6 is 35.4 Å². The van der Waals surface area contributed by atoms with Gasteiger partial charge >= 0.3 is 0 Å². The van der Waals surface area contributed by atoms with E-state index in [9.17, 15) is 0 Å². The standard InChI is InChI=1S/C10H8Cl2N4S/c1-6-14-15-10(17)16(6)13-5-7-8(11)3-2-4-9(7)12/h2-5H,1H3,(H,15,17)/b13-5+. The Balaban J connectivity index is 2.43. The van der Waals surface area contributed by atoms with Crippen molar-refractivity contribution in [2.75, 3.05) is 0 Å². The summed E-state index contributed by atoms with van der Waals surface area (Å²) in [5, 5.41) is 11.8. The first-order valence-corrected chi connectivity index (χ1v) is 5.88. The zero-order valence-electron chi connectivity index (χ0n) is 8.82. The molecule has 1 heterocycles. The van der Waals surface area contributed by atoms with Crippen molar-refractivity contribution in [3.8, 4) is 0 Å². The average Bonchev–Trinajstić information content (AvgIpc) is 2.59. The van der Waals surface area contributed by atoms with E-state index in [1.54, 1.807) is 31.3 Å². The van der Waals surface area contributed by atoms with E-state index in [1.165, 1.54) is 4.68 Å². The Kier molecular flexibility index (Phi) is 3.61. The Labute approximate surface area is 113 Å². The van der Waals surface area contributed by atoms with E-state index in [1.807, 2.05) is 0 Å². The SMILES string of the molecule is Cc1n[nH]c(=S)n1/N=C/c1c(Cl)cccc1Cl. The number of rotatable bonds is 2. The minimum atomic E-state index is 0.418. The first kappa shape index (κ1) is 12.3. The topological polar surface area (TPSA) is 46.0 Å². The Bertz CT molecular complexity index is 609. The lowest BCUT2D eigenvalue weighted by Crippen LogP contribution is -1.94. The molecule has 0 saturated heterocycles. The second-order valence-electron chi connectivity index (χ2n) is 3.27. The molecule has 88 valence electrons. The van der Waals surface area contributed by atoms with E-state index >= 15 is 0 Å². The van der Waals surface area contributed by atoms with Gasteiger partial charge in [-0.05, 0) is 31.3 Å². The second-order valence-corrected chi connectivity index (χ2v) is 4.47. The molecule has 0 saturated carbocycles. The van der Waals surface area contributed by atoms with Crippen molar-refractivity contribution in [2.45, 2.75) is 6.92 Å². The Morgan fingerprint density at radius 2 is 2.06 bits per heavy atom. The van der Waals surface area contributed by atoms with Crippen LogP contribution in [0.4, 0.5) is 0 Å². The summed E-state index contributed by atoms with van der Waals surface area (Å²) >= 11 is 17.0. The molecule has 0 aliphatic carbocycles. The largest absolute Gasteiger partial charge is 0.250 e. The monoisotopic (exact) mass is 286 g/mol. The van der Waals surface area contributed by atoms with Crippen LogP contribution in [0.3, 0.4) is 0 Å². The third-order valence-electron chi connectivity index (χ3n) is 2.11. The highest BCUT2D eigenvalue weighted by atomic mass is 35.5. The molecule has 0 aliphatic rings. The number of hydrogen-bond acceptors (Lipinski definition) is 3. The van der Waals surface area contributed by atoms with E-state index in [-0.39, 0.29) is 0 Å². The molecule has 0 spiro atoms. The number of nitrogens with zero attached hydrogens (tertiary/aromatic N) is 3. The number of H-pyrrole nitrogens is 1. The maximum Gasteiger partial charge on any atom is 0.216 e. The molecule has 0 bridgehead atoms. The van der Waals surface area contributed by atoms with E-state index in [0.717, 1.165) is 0 Å². The zero-order valence-corrected chi connectivity index (χ0v) is 11.1. The summed E-state index contributed by atoms with van der Waals surface area (Å²) in [6, 6.07) is 5.27. The number of nitrogens with one attached hydrogen (secondary N) is 1. The van der Waals surface area contributed by atoms with Gasteiger partial charge in [-0.2, -0.15) is 14.9 Å². The van der Waals surface area contributed by atoms with Gasteiger partial charge in [0.2, 0.25) is 4.77 Å². The fourth-order valence-electron chi connectivity index (χ4n) is 1.26. The molecule has 0 fully saturated rings. The number of hydrogen-bond donors (Lipinski definition) is 1. The van der Waals surface area contributed by atoms with Gasteiger partial charge in [0.15, 0.2) is 0 Å². The van der Waals surface area contributed by atoms with Gasteiger partial charge in [0, 0.05) is 5.56 Å². The zero-order chi connectivity index (χ0) is 12.4. The number of aromatic nitrogens is 3. The second kappa shape index (κ2) is 5.00. The van der Waals surface area contributed by atoms with Crippen LogP contribution in [0.5, 0.6) is 0 Å². The van der Waals surface area contributed by atoms with Crippen LogP contribution in [-0.4, -0.2) is 21.1 Å². The molecule has 17 heavy (non-hydrogen) atoms. The molecule has 0 radical (unpaired) electrons. The fraction of sp³-hybridized carbons (Fsp3) is 0.100. The number of aryl methyl sites for hydroxylation is 1. The highest BCUT2D eigenvalue weighted by Crippen LogP contribution is 2.22. The quantitative estimate of drug-likeness (QED) is 0.679. The van der Waals surface area contributed by atoms with Crippen molar-refractivity contribution in [3.63, 3.8) is 0 Å². The third kappa shape index (κ3) is 2.57. The van der Waals surface area contributed by atoms with Gasteiger partial charge in [-0.3, -0.25) is 5.10 Å². The van der Waals surface area contributed by atoms with Crippen LogP contribution in [0, 0.1) is 11.7 Å². The summed E-state index contributed by atoms with van der Waals surface area (Å²) in [7, 11) is 0. The molecule has 0 amide bonds.